The molecule has 2 aromatic heterocycles. The van der Waals surface area contributed by atoms with E-state index < -0.39 is 5.97 Å². The summed E-state index contributed by atoms with van der Waals surface area (Å²) in [5.41, 5.74) is 1.54. The Morgan fingerprint density at radius 1 is 1.45 bits per heavy atom. The fraction of sp³-hybridized carbons (Fsp3) is 0.308. The maximum Gasteiger partial charge on any atom is 0.352 e. The molecule has 0 spiro atoms. The molecule has 7 nitrogen and oxygen atoms in total. The van der Waals surface area contributed by atoms with Crippen LogP contribution in [0.15, 0.2) is 24.5 Å². The molecule has 1 amide bonds. The molecule has 0 atom stereocenters. The van der Waals surface area contributed by atoms with Gasteiger partial charge in [0.2, 0.25) is 5.91 Å². The minimum Gasteiger partial charge on any atom is -0.477 e. The summed E-state index contributed by atoms with van der Waals surface area (Å²) < 4.78 is 3.02. The summed E-state index contributed by atoms with van der Waals surface area (Å²) in [4.78, 5) is 22.9. The van der Waals surface area contributed by atoms with Crippen molar-refractivity contribution in [3.63, 3.8) is 0 Å². The van der Waals surface area contributed by atoms with E-state index in [1.54, 1.807) is 30.2 Å². The zero-order valence-corrected chi connectivity index (χ0v) is 11.3. The van der Waals surface area contributed by atoms with Crippen LogP contribution in [-0.2, 0) is 24.8 Å². The molecule has 0 saturated heterocycles. The second-order valence-electron chi connectivity index (χ2n) is 4.39. The van der Waals surface area contributed by atoms with Gasteiger partial charge in [0.25, 0.3) is 0 Å². The van der Waals surface area contributed by atoms with Crippen LogP contribution >= 0.6 is 0 Å². The molecule has 0 aliphatic heterocycles. The average Bonchev–Trinajstić information content (AvgIpc) is 2.95. The highest BCUT2D eigenvalue weighted by molar-refractivity contribution is 5.92. The first-order chi connectivity index (χ1) is 9.51. The number of carboxylic acid groups (broad SMARTS) is 1. The number of carbonyl (C=O) groups is 2. The Hall–Kier alpha value is -2.57. The van der Waals surface area contributed by atoms with Gasteiger partial charge in [0.05, 0.1) is 11.4 Å². The molecule has 106 valence electrons. The maximum atomic E-state index is 12.0. The van der Waals surface area contributed by atoms with Gasteiger partial charge in [0, 0.05) is 19.4 Å². The predicted molar refractivity (Wildman–Crippen MR) is 72.6 cm³/mol. The summed E-state index contributed by atoms with van der Waals surface area (Å²) in [5, 5.41) is 16.0. The highest BCUT2D eigenvalue weighted by Crippen LogP contribution is 2.14. The third-order valence-corrected chi connectivity index (χ3v) is 2.88. The Morgan fingerprint density at radius 2 is 2.20 bits per heavy atom. The molecule has 0 saturated carbocycles. The second-order valence-corrected chi connectivity index (χ2v) is 4.39. The lowest BCUT2D eigenvalue weighted by molar-refractivity contribution is -0.116. The third-order valence-electron chi connectivity index (χ3n) is 2.88. The zero-order valence-electron chi connectivity index (χ0n) is 11.3. The van der Waals surface area contributed by atoms with Gasteiger partial charge in [0.1, 0.15) is 12.2 Å². The van der Waals surface area contributed by atoms with Crippen LogP contribution in [0.1, 0.15) is 23.1 Å². The molecule has 0 aromatic carbocycles. The number of nitrogens with one attached hydrogen (secondary N) is 1. The van der Waals surface area contributed by atoms with E-state index in [9.17, 15) is 9.59 Å². The van der Waals surface area contributed by atoms with Gasteiger partial charge in [-0.3, -0.25) is 9.48 Å². The molecule has 2 rings (SSSR count). The molecule has 0 unspecified atom stereocenters. The summed E-state index contributed by atoms with van der Waals surface area (Å²) in [7, 11) is 1.78. The van der Waals surface area contributed by atoms with Crippen LogP contribution in [0.2, 0.25) is 0 Å². The van der Waals surface area contributed by atoms with Crippen molar-refractivity contribution in [2.24, 2.45) is 7.05 Å². The highest BCUT2D eigenvalue weighted by Gasteiger charge is 2.13. The lowest BCUT2D eigenvalue weighted by Gasteiger charge is -2.07. The number of aromatic nitrogens is 3. The Balaban J connectivity index is 2.09. The van der Waals surface area contributed by atoms with Gasteiger partial charge < -0.3 is 15.0 Å². The first-order valence-electron chi connectivity index (χ1n) is 6.22. The van der Waals surface area contributed by atoms with Crippen molar-refractivity contribution in [1.82, 2.24) is 14.3 Å². The standard InChI is InChI=1S/C13H16N4O3/c1-3-9-10(7-16(2)15-9)14-12(18)8-17-6-4-5-11(17)13(19)20/h4-7H,3,8H2,1-2H3,(H,14,18)(H,19,20). The fourth-order valence-corrected chi connectivity index (χ4v) is 1.99. The number of aromatic carboxylic acids is 1. The number of hydrogen-bond acceptors (Lipinski definition) is 3. The fourth-order valence-electron chi connectivity index (χ4n) is 1.99. The van der Waals surface area contributed by atoms with Crippen LogP contribution in [0.4, 0.5) is 5.69 Å². The molecule has 0 radical (unpaired) electrons. The molecule has 0 bridgehead atoms. The van der Waals surface area contributed by atoms with Gasteiger partial charge in [-0.15, -0.1) is 0 Å². The Bertz CT molecular complexity index is 642. The van der Waals surface area contributed by atoms with Crippen molar-refractivity contribution in [2.75, 3.05) is 5.32 Å². The number of carbonyl (C=O) groups excluding carboxylic acids is 1. The molecule has 20 heavy (non-hydrogen) atoms. The molecule has 0 aliphatic rings. The van der Waals surface area contributed by atoms with Gasteiger partial charge in [-0.05, 0) is 18.6 Å². The molecule has 0 fully saturated rings. The highest BCUT2D eigenvalue weighted by atomic mass is 16.4. The van der Waals surface area contributed by atoms with E-state index in [0.717, 1.165) is 5.69 Å². The van der Waals surface area contributed by atoms with Gasteiger partial charge >= 0.3 is 5.97 Å². The van der Waals surface area contributed by atoms with Crippen LogP contribution < -0.4 is 5.32 Å². The monoisotopic (exact) mass is 276 g/mol. The number of anilines is 1. The number of hydrogen-bond donors (Lipinski definition) is 2. The minimum absolute atomic E-state index is 0.0489. The molecule has 0 aliphatic carbocycles. The maximum absolute atomic E-state index is 12.0. The Kier molecular flexibility index (Phi) is 3.88. The van der Waals surface area contributed by atoms with Crippen LogP contribution in [0.25, 0.3) is 0 Å². The summed E-state index contributed by atoms with van der Waals surface area (Å²) in [6.45, 7) is 1.90. The van der Waals surface area contributed by atoms with Crippen molar-refractivity contribution in [2.45, 2.75) is 19.9 Å². The minimum atomic E-state index is -1.06. The zero-order chi connectivity index (χ0) is 14.7. The quantitative estimate of drug-likeness (QED) is 0.856. The molecular weight excluding hydrogens is 260 g/mol. The normalized spacial score (nSPS) is 10.5. The summed E-state index contributed by atoms with van der Waals surface area (Å²) in [5.74, 6) is -1.34. The third kappa shape index (κ3) is 2.87. The largest absolute Gasteiger partial charge is 0.477 e. The van der Waals surface area contributed by atoms with E-state index in [2.05, 4.69) is 10.4 Å². The number of amides is 1. The Labute approximate surface area is 115 Å². The van der Waals surface area contributed by atoms with Crippen molar-refractivity contribution < 1.29 is 14.7 Å². The van der Waals surface area contributed by atoms with E-state index in [1.807, 2.05) is 6.92 Å². The number of nitrogens with zero attached hydrogens (tertiary/aromatic N) is 3. The summed E-state index contributed by atoms with van der Waals surface area (Å²) >= 11 is 0. The van der Waals surface area contributed by atoms with E-state index in [0.29, 0.717) is 12.1 Å². The van der Waals surface area contributed by atoms with E-state index in [-0.39, 0.29) is 18.1 Å². The van der Waals surface area contributed by atoms with E-state index in [4.69, 9.17) is 5.11 Å². The molecule has 2 heterocycles. The van der Waals surface area contributed by atoms with Crippen LogP contribution in [0.3, 0.4) is 0 Å². The second kappa shape index (κ2) is 5.60. The van der Waals surface area contributed by atoms with Gasteiger partial charge in [-0.25, -0.2) is 4.79 Å². The SMILES string of the molecule is CCc1nn(C)cc1NC(=O)Cn1cccc1C(=O)O. The first kappa shape index (κ1) is 13.9. The summed E-state index contributed by atoms with van der Waals surface area (Å²) in [6.07, 6.45) is 4.00. The number of aryl methyl sites for hydroxylation is 2. The van der Waals surface area contributed by atoms with E-state index in [1.165, 1.54) is 10.6 Å². The Morgan fingerprint density at radius 3 is 2.85 bits per heavy atom. The topological polar surface area (TPSA) is 89.2 Å². The first-order valence-corrected chi connectivity index (χ1v) is 6.22. The lowest BCUT2D eigenvalue weighted by Crippen LogP contribution is -2.21. The summed E-state index contributed by atoms with van der Waals surface area (Å²) in [6, 6.07) is 3.05. The van der Waals surface area contributed by atoms with Crippen molar-refractivity contribution in [1.29, 1.82) is 0 Å². The molecular formula is C13H16N4O3. The van der Waals surface area contributed by atoms with Gasteiger partial charge in [-0.2, -0.15) is 5.10 Å². The van der Waals surface area contributed by atoms with Gasteiger partial charge in [-0.1, -0.05) is 6.92 Å². The smallest absolute Gasteiger partial charge is 0.352 e. The number of rotatable bonds is 5. The van der Waals surface area contributed by atoms with E-state index >= 15 is 0 Å². The average molecular weight is 276 g/mol. The molecule has 2 aromatic rings. The number of carboxylic acids is 1. The van der Waals surface area contributed by atoms with Crippen LogP contribution in [-0.4, -0.2) is 31.3 Å². The van der Waals surface area contributed by atoms with Crippen LogP contribution in [0, 0.1) is 0 Å². The molecule has 2 N–H and O–H groups in total. The van der Waals surface area contributed by atoms with Crippen molar-refractivity contribution >= 4 is 17.6 Å². The molecule has 7 heteroatoms. The predicted octanol–water partition coefficient (Wildman–Crippen LogP) is 1.12. The van der Waals surface area contributed by atoms with Crippen molar-refractivity contribution in [3.8, 4) is 0 Å². The van der Waals surface area contributed by atoms with Crippen LogP contribution in [0.5, 0.6) is 0 Å². The lowest BCUT2D eigenvalue weighted by atomic mass is 10.3. The van der Waals surface area contributed by atoms with Crippen molar-refractivity contribution in [3.05, 3.63) is 35.9 Å². The van der Waals surface area contributed by atoms with Gasteiger partial charge in [0.15, 0.2) is 0 Å².